The summed E-state index contributed by atoms with van der Waals surface area (Å²) < 4.78 is 52.9. The van der Waals surface area contributed by atoms with Crippen molar-refractivity contribution in [1.29, 1.82) is 0 Å². The van der Waals surface area contributed by atoms with Gasteiger partial charge in [-0.1, -0.05) is 0 Å². The van der Waals surface area contributed by atoms with Crippen LogP contribution in [0.2, 0.25) is 0 Å². The first-order chi connectivity index (χ1) is 7.95. The molecule has 0 spiro atoms. The molecule has 1 heterocycles. The number of rotatable bonds is 6. The van der Waals surface area contributed by atoms with Gasteiger partial charge in [0.25, 0.3) is 0 Å². The van der Waals surface area contributed by atoms with Crippen molar-refractivity contribution in [2.45, 2.75) is 19.0 Å². The summed E-state index contributed by atoms with van der Waals surface area (Å²) >= 11 is 0. The fourth-order valence-electron chi connectivity index (χ4n) is 0.913. The van der Waals surface area contributed by atoms with Gasteiger partial charge in [-0.15, -0.1) is 0 Å². The quantitative estimate of drug-likeness (QED) is 0.787. The van der Waals surface area contributed by atoms with Crippen molar-refractivity contribution < 1.29 is 22.3 Å². The average molecular weight is 253 g/mol. The van der Waals surface area contributed by atoms with E-state index in [1.807, 2.05) is 0 Å². The number of anilines is 1. The lowest BCUT2D eigenvalue weighted by molar-refractivity contribution is -0.168. The molecule has 96 valence electrons. The molecule has 0 amide bonds. The molecule has 0 bridgehead atoms. The summed E-state index contributed by atoms with van der Waals surface area (Å²) in [5, 5.41) is 2.72. The first-order valence-electron chi connectivity index (χ1n) is 4.68. The number of alkyl halides is 4. The zero-order chi connectivity index (χ0) is 12.9. The van der Waals surface area contributed by atoms with Gasteiger partial charge >= 0.3 is 12.3 Å². The van der Waals surface area contributed by atoms with Crippen LogP contribution in [0.15, 0.2) is 12.4 Å². The smallest absolute Gasteiger partial charge is 0.330 e. The molecule has 0 aliphatic carbocycles. The van der Waals surface area contributed by atoms with E-state index >= 15 is 0 Å². The van der Waals surface area contributed by atoms with Gasteiger partial charge in [-0.2, -0.15) is 8.78 Å². The zero-order valence-corrected chi connectivity index (χ0v) is 8.96. The molecule has 1 rings (SSSR count). The van der Waals surface area contributed by atoms with Gasteiger partial charge in [0.2, 0.25) is 0 Å². The molecule has 1 N–H and O–H groups in total. The Morgan fingerprint density at radius 1 is 1.35 bits per heavy atom. The summed E-state index contributed by atoms with van der Waals surface area (Å²) in [6.45, 7) is -1.64. The molecular weight excluding hydrogens is 242 g/mol. The predicted molar refractivity (Wildman–Crippen MR) is 52.2 cm³/mol. The Kier molecular flexibility index (Phi) is 4.62. The van der Waals surface area contributed by atoms with Crippen molar-refractivity contribution in [3.05, 3.63) is 18.1 Å². The van der Waals surface area contributed by atoms with Crippen LogP contribution in [0, 0.1) is 0 Å². The second kappa shape index (κ2) is 5.76. The van der Waals surface area contributed by atoms with Gasteiger partial charge in [0, 0.05) is 7.05 Å². The molecule has 0 fully saturated rings. The van der Waals surface area contributed by atoms with Crippen molar-refractivity contribution in [1.82, 2.24) is 9.97 Å². The van der Waals surface area contributed by atoms with Crippen LogP contribution in [0.4, 0.5) is 23.4 Å². The van der Waals surface area contributed by atoms with Crippen LogP contribution < -0.4 is 5.32 Å². The van der Waals surface area contributed by atoms with Crippen LogP contribution in [0.5, 0.6) is 0 Å². The summed E-state index contributed by atoms with van der Waals surface area (Å²) in [6, 6.07) is 0. The summed E-state index contributed by atoms with van der Waals surface area (Å²) in [4.78, 5) is 7.69. The Morgan fingerprint density at radius 2 is 2.06 bits per heavy atom. The Balaban J connectivity index is 2.40. The SMILES string of the molecule is CNc1cnc(COCC(F)(F)C(F)F)cn1. The fourth-order valence-corrected chi connectivity index (χ4v) is 0.913. The summed E-state index contributed by atoms with van der Waals surface area (Å²) in [6.07, 6.45) is -1.05. The number of ether oxygens (including phenoxy) is 1. The van der Waals surface area contributed by atoms with Gasteiger partial charge in [-0.05, 0) is 0 Å². The van der Waals surface area contributed by atoms with Crippen molar-refractivity contribution in [2.75, 3.05) is 19.0 Å². The van der Waals surface area contributed by atoms with Crippen molar-refractivity contribution in [3.63, 3.8) is 0 Å². The van der Waals surface area contributed by atoms with E-state index < -0.39 is 19.0 Å². The average Bonchev–Trinajstić information content (AvgIpc) is 2.29. The normalized spacial score (nSPS) is 11.9. The van der Waals surface area contributed by atoms with E-state index in [4.69, 9.17) is 0 Å². The highest BCUT2D eigenvalue weighted by Crippen LogP contribution is 2.23. The lowest BCUT2D eigenvalue weighted by Crippen LogP contribution is -2.32. The standard InChI is InChI=1S/C9H11F4N3O/c1-14-7-3-15-6(2-16-7)4-17-5-9(12,13)8(10)11/h2-3,8H,4-5H2,1H3,(H,14,16). The first-order valence-corrected chi connectivity index (χ1v) is 4.68. The molecule has 1 aromatic heterocycles. The Hall–Kier alpha value is -1.44. The minimum atomic E-state index is -4.14. The minimum Gasteiger partial charge on any atom is -0.372 e. The highest BCUT2D eigenvalue weighted by atomic mass is 19.3. The third kappa shape index (κ3) is 4.14. The number of aromatic nitrogens is 2. The van der Waals surface area contributed by atoms with Crippen molar-refractivity contribution in [3.8, 4) is 0 Å². The lowest BCUT2D eigenvalue weighted by atomic mass is 10.4. The molecule has 0 saturated heterocycles. The Labute approximate surface area is 95.0 Å². The number of nitrogens with zero attached hydrogens (tertiary/aromatic N) is 2. The minimum absolute atomic E-state index is 0.286. The maximum atomic E-state index is 12.4. The summed E-state index contributed by atoms with van der Waals surface area (Å²) in [5.41, 5.74) is 0.286. The lowest BCUT2D eigenvalue weighted by Gasteiger charge is -2.14. The van der Waals surface area contributed by atoms with Gasteiger partial charge in [-0.3, -0.25) is 4.98 Å². The second-order valence-electron chi connectivity index (χ2n) is 3.20. The van der Waals surface area contributed by atoms with E-state index in [0.717, 1.165) is 0 Å². The van der Waals surface area contributed by atoms with E-state index in [1.54, 1.807) is 7.05 Å². The molecule has 17 heavy (non-hydrogen) atoms. The third-order valence-corrected chi connectivity index (χ3v) is 1.83. The largest absolute Gasteiger partial charge is 0.372 e. The number of hydrogen-bond donors (Lipinski definition) is 1. The molecule has 4 nitrogen and oxygen atoms in total. The number of halogens is 4. The van der Waals surface area contributed by atoms with Crippen molar-refractivity contribution in [2.24, 2.45) is 0 Å². The van der Waals surface area contributed by atoms with Crippen LogP contribution in [0.1, 0.15) is 5.69 Å². The molecule has 0 saturated carbocycles. The summed E-state index contributed by atoms with van der Waals surface area (Å²) in [7, 11) is 1.64. The van der Waals surface area contributed by atoms with E-state index in [-0.39, 0.29) is 12.3 Å². The van der Waals surface area contributed by atoms with Crippen LogP contribution in [-0.4, -0.2) is 36.0 Å². The molecule has 1 aromatic rings. The Morgan fingerprint density at radius 3 is 2.53 bits per heavy atom. The highest BCUT2D eigenvalue weighted by molar-refractivity contribution is 5.29. The molecule has 0 unspecified atom stereocenters. The van der Waals surface area contributed by atoms with Gasteiger partial charge in [0.15, 0.2) is 0 Å². The van der Waals surface area contributed by atoms with E-state index in [0.29, 0.717) is 5.82 Å². The van der Waals surface area contributed by atoms with Gasteiger partial charge in [0.1, 0.15) is 12.4 Å². The monoisotopic (exact) mass is 253 g/mol. The summed E-state index contributed by atoms with van der Waals surface area (Å²) in [5.74, 6) is -3.63. The van der Waals surface area contributed by atoms with E-state index in [9.17, 15) is 17.6 Å². The molecule has 0 aliphatic heterocycles. The topological polar surface area (TPSA) is 47.0 Å². The van der Waals surface area contributed by atoms with Gasteiger partial charge in [-0.25, -0.2) is 13.8 Å². The van der Waals surface area contributed by atoms with Gasteiger partial charge < -0.3 is 10.1 Å². The molecule has 0 atom stereocenters. The fraction of sp³-hybridized carbons (Fsp3) is 0.556. The zero-order valence-electron chi connectivity index (χ0n) is 8.96. The first kappa shape index (κ1) is 13.6. The van der Waals surface area contributed by atoms with Crippen molar-refractivity contribution >= 4 is 5.82 Å². The molecule has 0 aliphatic rings. The molecular formula is C9H11F4N3O. The van der Waals surface area contributed by atoms with Crippen LogP contribution in [-0.2, 0) is 11.3 Å². The Bertz CT molecular complexity index is 345. The molecule has 8 heteroatoms. The predicted octanol–water partition coefficient (Wildman–Crippen LogP) is 1.94. The maximum Gasteiger partial charge on any atom is 0.330 e. The van der Waals surface area contributed by atoms with E-state index in [2.05, 4.69) is 20.0 Å². The third-order valence-electron chi connectivity index (χ3n) is 1.83. The van der Waals surface area contributed by atoms with Crippen LogP contribution in [0.3, 0.4) is 0 Å². The number of nitrogens with one attached hydrogen (secondary N) is 1. The highest BCUT2D eigenvalue weighted by Gasteiger charge is 2.40. The maximum absolute atomic E-state index is 12.4. The molecule has 0 radical (unpaired) electrons. The van der Waals surface area contributed by atoms with E-state index in [1.165, 1.54) is 12.4 Å². The van der Waals surface area contributed by atoms with Crippen LogP contribution in [0.25, 0.3) is 0 Å². The second-order valence-corrected chi connectivity index (χ2v) is 3.20. The molecule has 0 aromatic carbocycles. The van der Waals surface area contributed by atoms with Gasteiger partial charge in [0.05, 0.1) is 24.7 Å². The van der Waals surface area contributed by atoms with Crippen LogP contribution >= 0.6 is 0 Å². The number of hydrogen-bond acceptors (Lipinski definition) is 4.